The van der Waals surface area contributed by atoms with Crippen molar-refractivity contribution in [3.63, 3.8) is 0 Å². The molecule has 37 heavy (non-hydrogen) atoms. The summed E-state index contributed by atoms with van der Waals surface area (Å²) in [5.74, 6) is -3.00. The Balaban J connectivity index is 2.13. The third-order valence-corrected chi connectivity index (χ3v) is 6.29. The van der Waals surface area contributed by atoms with Gasteiger partial charge in [0.2, 0.25) is 0 Å². The van der Waals surface area contributed by atoms with Crippen molar-refractivity contribution in [3.05, 3.63) is 87.1 Å². The van der Waals surface area contributed by atoms with Gasteiger partial charge in [0, 0.05) is 30.4 Å². The molecule has 0 spiro atoms. The van der Waals surface area contributed by atoms with E-state index in [1.807, 2.05) is 37.3 Å². The van der Waals surface area contributed by atoms with Gasteiger partial charge >= 0.3 is 11.9 Å². The van der Waals surface area contributed by atoms with Gasteiger partial charge < -0.3 is 14.2 Å². The molecule has 9 heteroatoms. The van der Waals surface area contributed by atoms with Crippen LogP contribution >= 0.6 is 0 Å². The van der Waals surface area contributed by atoms with E-state index in [0.717, 1.165) is 5.56 Å². The lowest BCUT2D eigenvalue weighted by molar-refractivity contribution is -0.384. The van der Waals surface area contributed by atoms with E-state index >= 15 is 0 Å². The number of nitro benzene ring substituents is 1. The zero-order valence-corrected chi connectivity index (χ0v) is 21.5. The van der Waals surface area contributed by atoms with Crippen LogP contribution in [0.3, 0.4) is 0 Å². The van der Waals surface area contributed by atoms with E-state index in [2.05, 4.69) is 4.99 Å². The highest BCUT2D eigenvalue weighted by Crippen LogP contribution is 2.42. The van der Waals surface area contributed by atoms with E-state index in [9.17, 15) is 19.7 Å². The van der Waals surface area contributed by atoms with Gasteiger partial charge in [0.15, 0.2) is 0 Å². The third kappa shape index (κ3) is 6.48. The van der Waals surface area contributed by atoms with E-state index in [0.29, 0.717) is 36.4 Å². The van der Waals surface area contributed by atoms with Gasteiger partial charge in [0.25, 0.3) is 5.69 Å². The number of benzene rings is 2. The monoisotopic (exact) mass is 508 g/mol. The van der Waals surface area contributed by atoms with Gasteiger partial charge in [-0.15, -0.1) is 0 Å². The summed E-state index contributed by atoms with van der Waals surface area (Å²) in [7, 11) is 1.26. The summed E-state index contributed by atoms with van der Waals surface area (Å²) in [5, 5.41) is 11.5. The second-order valence-corrected chi connectivity index (χ2v) is 8.56. The van der Waals surface area contributed by atoms with Crippen LogP contribution in [-0.4, -0.2) is 42.9 Å². The molecule has 2 aromatic rings. The van der Waals surface area contributed by atoms with Crippen LogP contribution < -0.4 is 0 Å². The molecule has 3 unspecified atom stereocenters. The number of esters is 2. The largest absolute Gasteiger partial charge is 0.468 e. The molecule has 0 fully saturated rings. The zero-order valence-electron chi connectivity index (χ0n) is 21.5. The van der Waals surface area contributed by atoms with Crippen LogP contribution in [0.5, 0.6) is 0 Å². The fourth-order valence-electron chi connectivity index (χ4n) is 4.68. The van der Waals surface area contributed by atoms with Gasteiger partial charge in [-0.25, -0.2) is 4.79 Å². The van der Waals surface area contributed by atoms with Crippen LogP contribution in [0.4, 0.5) is 5.69 Å². The summed E-state index contributed by atoms with van der Waals surface area (Å²) >= 11 is 0. The summed E-state index contributed by atoms with van der Waals surface area (Å²) < 4.78 is 16.4. The molecule has 0 saturated heterocycles. The van der Waals surface area contributed by atoms with Crippen molar-refractivity contribution < 1.29 is 28.7 Å². The van der Waals surface area contributed by atoms with Gasteiger partial charge in [-0.1, -0.05) is 42.5 Å². The van der Waals surface area contributed by atoms with E-state index in [1.54, 1.807) is 19.9 Å². The summed E-state index contributed by atoms with van der Waals surface area (Å²) in [4.78, 5) is 41.9. The number of methoxy groups -OCH3 is 1. The van der Waals surface area contributed by atoms with Crippen molar-refractivity contribution in [1.29, 1.82) is 0 Å². The van der Waals surface area contributed by atoms with Crippen molar-refractivity contribution in [2.75, 3.05) is 20.3 Å². The molecule has 0 aromatic heterocycles. The number of ether oxygens (including phenoxy) is 3. The number of allylic oxidation sites excluding steroid dienone is 1. The second-order valence-electron chi connectivity index (χ2n) is 8.56. The quantitative estimate of drug-likeness (QED) is 0.229. The molecule has 3 atom stereocenters. The third-order valence-electron chi connectivity index (χ3n) is 6.29. The van der Waals surface area contributed by atoms with Crippen molar-refractivity contribution >= 4 is 23.3 Å². The Bertz CT molecular complexity index is 1190. The SMILES string of the molecule is CCOC(=O)C1=C(CCC(OCC)c2ccccc2)N=C(C)C(C(=O)OC)C1c1cccc([N+](=O)[O-])c1. The van der Waals surface area contributed by atoms with Gasteiger partial charge in [0.05, 0.1) is 36.0 Å². The molecule has 1 heterocycles. The van der Waals surface area contributed by atoms with Crippen molar-refractivity contribution in [2.24, 2.45) is 10.9 Å². The molecule has 9 nitrogen and oxygen atoms in total. The molecule has 0 bridgehead atoms. The maximum atomic E-state index is 13.3. The number of aliphatic imine (C=N–C) groups is 1. The number of carbonyl (C=O) groups is 2. The Labute approximate surface area is 216 Å². The normalized spacial score (nSPS) is 18.1. The Hall–Kier alpha value is -3.85. The second kappa shape index (κ2) is 12.9. The first kappa shape index (κ1) is 27.7. The fourth-order valence-corrected chi connectivity index (χ4v) is 4.68. The molecule has 0 saturated carbocycles. The molecule has 0 radical (unpaired) electrons. The van der Waals surface area contributed by atoms with E-state index in [1.165, 1.54) is 25.3 Å². The summed E-state index contributed by atoms with van der Waals surface area (Å²) in [6, 6.07) is 15.7. The first-order valence-corrected chi connectivity index (χ1v) is 12.3. The number of hydrogen-bond donors (Lipinski definition) is 0. The number of nitrogens with zero attached hydrogens (tertiary/aromatic N) is 2. The average molecular weight is 509 g/mol. The Morgan fingerprint density at radius 3 is 2.43 bits per heavy atom. The smallest absolute Gasteiger partial charge is 0.336 e. The minimum absolute atomic E-state index is 0.119. The molecular formula is C28H32N2O7. The lowest BCUT2D eigenvalue weighted by Gasteiger charge is -2.32. The molecule has 2 aromatic carbocycles. The molecule has 0 aliphatic carbocycles. The molecule has 3 rings (SSSR count). The van der Waals surface area contributed by atoms with Gasteiger partial charge in [-0.2, -0.15) is 0 Å². The van der Waals surface area contributed by atoms with E-state index in [4.69, 9.17) is 14.2 Å². The predicted molar refractivity (Wildman–Crippen MR) is 138 cm³/mol. The number of hydrogen-bond acceptors (Lipinski definition) is 8. The predicted octanol–water partition coefficient (Wildman–Crippen LogP) is 5.32. The highest BCUT2D eigenvalue weighted by molar-refractivity contribution is 6.07. The highest BCUT2D eigenvalue weighted by atomic mass is 16.6. The van der Waals surface area contributed by atoms with Gasteiger partial charge in [0.1, 0.15) is 5.92 Å². The first-order valence-electron chi connectivity index (χ1n) is 12.3. The van der Waals surface area contributed by atoms with Crippen molar-refractivity contribution in [3.8, 4) is 0 Å². The number of non-ortho nitro benzene ring substituents is 1. The minimum Gasteiger partial charge on any atom is -0.468 e. The van der Waals surface area contributed by atoms with Crippen LogP contribution in [0.1, 0.15) is 56.8 Å². The Morgan fingerprint density at radius 2 is 1.81 bits per heavy atom. The number of nitro groups is 1. The minimum atomic E-state index is -0.938. The first-order chi connectivity index (χ1) is 17.8. The van der Waals surface area contributed by atoms with Crippen molar-refractivity contribution in [1.82, 2.24) is 0 Å². The number of rotatable bonds is 11. The Kier molecular flexibility index (Phi) is 9.68. The summed E-state index contributed by atoms with van der Waals surface area (Å²) in [6.07, 6.45) is 0.661. The lowest BCUT2D eigenvalue weighted by Crippen LogP contribution is -2.36. The lowest BCUT2D eigenvalue weighted by atomic mass is 9.75. The van der Waals surface area contributed by atoms with E-state index in [-0.39, 0.29) is 24.0 Å². The fraction of sp³-hybridized carbons (Fsp3) is 0.393. The summed E-state index contributed by atoms with van der Waals surface area (Å²) in [6.45, 7) is 5.93. The topological polar surface area (TPSA) is 117 Å². The molecule has 1 aliphatic rings. The maximum absolute atomic E-state index is 13.3. The Morgan fingerprint density at radius 1 is 1.08 bits per heavy atom. The maximum Gasteiger partial charge on any atom is 0.336 e. The summed E-state index contributed by atoms with van der Waals surface area (Å²) in [5.41, 5.74) is 2.41. The van der Waals surface area contributed by atoms with Crippen LogP contribution in [0.2, 0.25) is 0 Å². The standard InChI is InChI=1S/C28H32N2O7/c1-5-36-23(19-11-8-7-9-12-19)16-15-22-26(28(32)37-6-2)25(24(18(3)29-22)27(31)35-4)20-13-10-14-21(17-20)30(33)34/h7-14,17,23-25H,5-6,15-16H2,1-4H3. The molecule has 1 aliphatic heterocycles. The van der Waals surface area contributed by atoms with Crippen LogP contribution in [0.15, 0.2) is 70.9 Å². The van der Waals surface area contributed by atoms with Crippen LogP contribution in [-0.2, 0) is 23.8 Å². The highest BCUT2D eigenvalue weighted by Gasteiger charge is 2.43. The van der Waals surface area contributed by atoms with Crippen LogP contribution in [0.25, 0.3) is 0 Å². The zero-order chi connectivity index (χ0) is 26.9. The van der Waals surface area contributed by atoms with Crippen molar-refractivity contribution in [2.45, 2.75) is 45.6 Å². The van der Waals surface area contributed by atoms with Crippen LogP contribution in [0, 0.1) is 16.0 Å². The molecule has 0 N–H and O–H groups in total. The average Bonchev–Trinajstić information content (AvgIpc) is 2.90. The molecular weight excluding hydrogens is 476 g/mol. The van der Waals surface area contributed by atoms with E-state index < -0.39 is 28.7 Å². The number of carbonyl (C=O) groups excluding carboxylic acids is 2. The van der Waals surface area contributed by atoms with Gasteiger partial charge in [-0.05, 0) is 44.7 Å². The molecule has 196 valence electrons. The molecule has 0 amide bonds. The van der Waals surface area contributed by atoms with Gasteiger partial charge in [-0.3, -0.25) is 19.9 Å².